The first kappa shape index (κ1) is 11.0. The van der Waals surface area contributed by atoms with E-state index in [0.717, 1.165) is 0 Å². The van der Waals surface area contributed by atoms with Gasteiger partial charge in [-0.2, -0.15) is 5.26 Å². The van der Waals surface area contributed by atoms with Crippen molar-refractivity contribution in [3.8, 4) is 6.07 Å². The zero-order chi connectivity index (χ0) is 11.3. The van der Waals surface area contributed by atoms with Gasteiger partial charge in [0, 0.05) is 6.54 Å². The average molecular weight is 205 g/mol. The van der Waals surface area contributed by atoms with E-state index in [1.807, 2.05) is 6.07 Å². The number of carbonyl (C=O) groups excluding carboxylic acids is 1. The third-order valence-electron chi connectivity index (χ3n) is 1.86. The van der Waals surface area contributed by atoms with E-state index in [1.165, 1.54) is 0 Å². The summed E-state index contributed by atoms with van der Waals surface area (Å²) in [6, 6.07) is 8.79. The van der Waals surface area contributed by atoms with E-state index in [-0.39, 0.29) is 6.54 Å². The van der Waals surface area contributed by atoms with Gasteiger partial charge in [-0.25, -0.2) is 0 Å². The minimum atomic E-state index is -1.25. The molecule has 1 aromatic carbocycles. The maximum absolute atomic E-state index is 10.5. The molecule has 0 fully saturated rings. The number of anilines is 1. The van der Waals surface area contributed by atoms with Crippen molar-refractivity contribution < 1.29 is 9.90 Å². The Hall–Kier alpha value is -2.06. The third-order valence-corrected chi connectivity index (χ3v) is 1.86. The molecule has 0 spiro atoms. The highest BCUT2D eigenvalue weighted by Crippen LogP contribution is 2.12. The van der Waals surface area contributed by atoms with E-state index in [0.29, 0.717) is 11.3 Å². The van der Waals surface area contributed by atoms with Crippen molar-refractivity contribution in [1.29, 1.82) is 5.26 Å². The number of hydrogen-bond donors (Lipinski definition) is 3. The van der Waals surface area contributed by atoms with Gasteiger partial charge in [-0.3, -0.25) is 4.79 Å². The molecule has 0 bridgehead atoms. The number of para-hydroxylation sites is 1. The van der Waals surface area contributed by atoms with Crippen LogP contribution >= 0.6 is 0 Å². The van der Waals surface area contributed by atoms with Crippen LogP contribution in [-0.4, -0.2) is 23.7 Å². The molecule has 78 valence electrons. The molecule has 0 saturated carbocycles. The number of amides is 1. The molecule has 1 rings (SSSR count). The number of primary amides is 1. The molecular weight excluding hydrogens is 194 g/mol. The molecule has 1 aromatic rings. The first-order chi connectivity index (χ1) is 7.15. The fraction of sp³-hybridized carbons (Fsp3) is 0.200. The first-order valence-electron chi connectivity index (χ1n) is 4.35. The predicted molar refractivity (Wildman–Crippen MR) is 54.8 cm³/mol. The van der Waals surface area contributed by atoms with Gasteiger partial charge in [0.1, 0.15) is 12.2 Å². The fourth-order valence-corrected chi connectivity index (χ4v) is 1.04. The average Bonchev–Trinajstić information content (AvgIpc) is 2.26. The van der Waals surface area contributed by atoms with E-state index in [9.17, 15) is 4.79 Å². The largest absolute Gasteiger partial charge is 0.381 e. The second-order valence-electron chi connectivity index (χ2n) is 2.96. The summed E-state index contributed by atoms with van der Waals surface area (Å²) in [6.07, 6.45) is -1.25. The van der Waals surface area contributed by atoms with Gasteiger partial charge in [-0.1, -0.05) is 12.1 Å². The van der Waals surface area contributed by atoms with Crippen LogP contribution in [0.4, 0.5) is 5.69 Å². The van der Waals surface area contributed by atoms with Crippen LogP contribution in [-0.2, 0) is 4.79 Å². The molecule has 1 amide bonds. The number of carbonyl (C=O) groups is 1. The molecule has 0 saturated heterocycles. The quantitative estimate of drug-likeness (QED) is 0.634. The van der Waals surface area contributed by atoms with Gasteiger partial charge in [-0.05, 0) is 12.1 Å². The summed E-state index contributed by atoms with van der Waals surface area (Å²) in [5, 5.41) is 20.7. The minimum absolute atomic E-state index is 0.00593. The van der Waals surface area contributed by atoms with E-state index >= 15 is 0 Å². The summed E-state index contributed by atoms with van der Waals surface area (Å²) in [6.45, 7) is -0.00593. The molecule has 1 unspecified atom stereocenters. The van der Waals surface area contributed by atoms with E-state index in [4.69, 9.17) is 16.1 Å². The smallest absolute Gasteiger partial charge is 0.248 e. The topological polar surface area (TPSA) is 99.1 Å². The molecule has 0 aliphatic carbocycles. The molecular formula is C10H11N3O2. The zero-order valence-corrected chi connectivity index (χ0v) is 7.97. The second-order valence-corrected chi connectivity index (χ2v) is 2.96. The van der Waals surface area contributed by atoms with Crippen LogP contribution in [0.1, 0.15) is 5.56 Å². The molecule has 0 aliphatic heterocycles. The van der Waals surface area contributed by atoms with Crippen molar-refractivity contribution in [2.75, 3.05) is 11.9 Å². The van der Waals surface area contributed by atoms with Crippen molar-refractivity contribution in [2.24, 2.45) is 5.73 Å². The van der Waals surface area contributed by atoms with Crippen molar-refractivity contribution in [3.05, 3.63) is 29.8 Å². The van der Waals surface area contributed by atoms with Crippen LogP contribution < -0.4 is 11.1 Å². The highest BCUT2D eigenvalue weighted by atomic mass is 16.3. The summed E-state index contributed by atoms with van der Waals surface area (Å²) < 4.78 is 0. The summed E-state index contributed by atoms with van der Waals surface area (Å²) in [4.78, 5) is 10.5. The normalized spacial score (nSPS) is 11.5. The molecule has 5 heteroatoms. The Bertz CT molecular complexity index is 398. The highest BCUT2D eigenvalue weighted by Gasteiger charge is 2.10. The van der Waals surface area contributed by atoms with Crippen LogP contribution in [0.25, 0.3) is 0 Å². The standard InChI is InChI=1S/C10H11N3O2/c11-5-7-3-1-2-4-8(7)13-6-9(14)10(12)15/h1-4,9,13-14H,6H2,(H2,12,15). The lowest BCUT2D eigenvalue weighted by atomic mass is 10.2. The Morgan fingerprint density at radius 2 is 2.27 bits per heavy atom. The molecule has 5 nitrogen and oxygen atoms in total. The zero-order valence-electron chi connectivity index (χ0n) is 7.97. The number of rotatable bonds is 4. The molecule has 0 aliphatic rings. The van der Waals surface area contributed by atoms with Gasteiger partial charge in [0.15, 0.2) is 0 Å². The summed E-state index contributed by atoms with van der Waals surface area (Å²) >= 11 is 0. The Labute approximate surface area is 87.1 Å². The second kappa shape index (κ2) is 4.98. The van der Waals surface area contributed by atoms with Gasteiger partial charge >= 0.3 is 0 Å². The maximum atomic E-state index is 10.5. The van der Waals surface area contributed by atoms with Crippen molar-refractivity contribution >= 4 is 11.6 Å². The SMILES string of the molecule is N#Cc1ccccc1NCC(O)C(N)=O. The van der Waals surface area contributed by atoms with Crippen LogP contribution in [0.3, 0.4) is 0 Å². The van der Waals surface area contributed by atoms with E-state index in [2.05, 4.69) is 5.32 Å². The molecule has 4 N–H and O–H groups in total. The minimum Gasteiger partial charge on any atom is -0.381 e. The van der Waals surface area contributed by atoms with Crippen molar-refractivity contribution in [2.45, 2.75) is 6.10 Å². The van der Waals surface area contributed by atoms with Crippen LogP contribution in [0.15, 0.2) is 24.3 Å². The number of nitrogens with one attached hydrogen (secondary N) is 1. The number of benzene rings is 1. The lowest BCUT2D eigenvalue weighted by molar-refractivity contribution is -0.125. The van der Waals surface area contributed by atoms with Gasteiger partial charge in [0.25, 0.3) is 0 Å². The van der Waals surface area contributed by atoms with Crippen molar-refractivity contribution in [3.63, 3.8) is 0 Å². The number of hydrogen-bond acceptors (Lipinski definition) is 4. The van der Waals surface area contributed by atoms with Crippen LogP contribution in [0.5, 0.6) is 0 Å². The van der Waals surface area contributed by atoms with Gasteiger partial charge in [0.2, 0.25) is 5.91 Å². The molecule has 15 heavy (non-hydrogen) atoms. The summed E-state index contributed by atoms with van der Waals surface area (Å²) in [5.74, 6) is -0.795. The third kappa shape index (κ3) is 2.97. The number of nitriles is 1. The number of aliphatic hydroxyl groups is 1. The molecule has 1 atom stereocenters. The Kier molecular flexibility index (Phi) is 3.66. The highest BCUT2D eigenvalue weighted by molar-refractivity contribution is 5.79. The Morgan fingerprint density at radius 3 is 2.87 bits per heavy atom. The van der Waals surface area contributed by atoms with Crippen molar-refractivity contribution in [1.82, 2.24) is 0 Å². The monoisotopic (exact) mass is 205 g/mol. The Balaban J connectivity index is 2.66. The van der Waals surface area contributed by atoms with Gasteiger partial charge < -0.3 is 16.2 Å². The number of nitrogens with two attached hydrogens (primary N) is 1. The lowest BCUT2D eigenvalue weighted by Gasteiger charge is -2.10. The van der Waals surface area contributed by atoms with Crippen LogP contribution in [0.2, 0.25) is 0 Å². The Morgan fingerprint density at radius 1 is 1.60 bits per heavy atom. The summed E-state index contributed by atoms with van der Waals surface area (Å²) in [5.41, 5.74) is 5.90. The van der Waals surface area contributed by atoms with Gasteiger partial charge in [-0.15, -0.1) is 0 Å². The summed E-state index contributed by atoms with van der Waals surface area (Å²) in [7, 11) is 0. The maximum Gasteiger partial charge on any atom is 0.248 e. The van der Waals surface area contributed by atoms with E-state index in [1.54, 1.807) is 24.3 Å². The molecule has 0 radical (unpaired) electrons. The van der Waals surface area contributed by atoms with Gasteiger partial charge in [0.05, 0.1) is 11.3 Å². The number of nitrogens with zero attached hydrogens (tertiary/aromatic N) is 1. The van der Waals surface area contributed by atoms with Crippen LogP contribution in [0, 0.1) is 11.3 Å². The fourth-order valence-electron chi connectivity index (χ4n) is 1.04. The lowest BCUT2D eigenvalue weighted by Crippen LogP contribution is -2.34. The molecule has 0 aromatic heterocycles. The molecule has 0 heterocycles. The predicted octanol–water partition coefficient (Wildman–Crippen LogP) is -0.184. The van der Waals surface area contributed by atoms with E-state index < -0.39 is 12.0 Å². The number of aliphatic hydroxyl groups excluding tert-OH is 1. The first-order valence-corrected chi connectivity index (χ1v) is 4.35.